The molecule has 5 heteroatoms. The lowest BCUT2D eigenvalue weighted by Gasteiger charge is -2.22. The Labute approximate surface area is 146 Å². The molecule has 3 rings (SSSR count). The minimum atomic E-state index is -0.141. The van der Waals surface area contributed by atoms with Gasteiger partial charge in [0.1, 0.15) is 0 Å². The number of hydrogen-bond donors (Lipinski definition) is 1. The minimum Gasteiger partial charge on any atom is -0.338 e. The monoisotopic (exact) mass is 342 g/mol. The van der Waals surface area contributed by atoms with Gasteiger partial charge < -0.3 is 10.2 Å². The smallest absolute Gasteiger partial charge is 0.265 e. The number of hydrogen-bond acceptors (Lipinski definition) is 3. The molecule has 0 bridgehead atoms. The first-order valence-electron chi connectivity index (χ1n) is 8.41. The number of thiophene rings is 1. The van der Waals surface area contributed by atoms with Gasteiger partial charge in [0.15, 0.2) is 0 Å². The molecule has 0 spiro atoms. The van der Waals surface area contributed by atoms with Crippen molar-refractivity contribution in [3.8, 4) is 0 Å². The number of carbonyl (C=O) groups is 2. The van der Waals surface area contributed by atoms with Crippen LogP contribution in [0.5, 0.6) is 0 Å². The SMILES string of the molecule is CCCN(CC1CC1)C(=O)c1cccc(NC(=O)c2cccs2)c1. The third-order valence-electron chi connectivity index (χ3n) is 4.07. The number of carbonyl (C=O) groups excluding carboxylic acids is 2. The summed E-state index contributed by atoms with van der Waals surface area (Å²) >= 11 is 1.40. The quantitative estimate of drug-likeness (QED) is 0.817. The average molecular weight is 342 g/mol. The summed E-state index contributed by atoms with van der Waals surface area (Å²) in [6.07, 6.45) is 3.40. The van der Waals surface area contributed by atoms with Gasteiger partial charge in [-0.25, -0.2) is 0 Å². The Morgan fingerprint density at radius 3 is 2.75 bits per heavy atom. The number of rotatable bonds is 7. The van der Waals surface area contributed by atoms with E-state index in [1.807, 2.05) is 34.5 Å². The maximum Gasteiger partial charge on any atom is 0.265 e. The molecule has 126 valence electrons. The van der Waals surface area contributed by atoms with E-state index in [-0.39, 0.29) is 11.8 Å². The molecule has 0 unspecified atom stereocenters. The van der Waals surface area contributed by atoms with Crippen LogP contribution in [0.3, 0.4) is 0 Å². The van der Waals surface area contributed by atoms with Crippen LogP contribution in [0.2, 0.25) is 0 Å². The summed E-state index contributed by atoms with van der Waals surface area (Å²) in [6.45, 7) is 3.71. The van der Waals surface area contributed by atoms with E-state index in [0.717, 1.165) is 19.5 Å². The maximum absolute atomic E-state index is 12.8. The Hall–Kier alpha value is -2.14. The first-order valence-corrected chi connectivity index (χ1v) is 9.29. The molecule has 0 saturated heterocycles. The highest BCUT2D eigenvalue weighted by molar-refractivity contribution is 7.12. The van der Waals surface area contributed by atoms with Crippen LogP contribution in [-0.2, 0) is 0 Å². The fourth-order valence-electron chi connectivity index (χ4n) is 2.67. The molecule has 1 N–H and O–H groups in total. The Kier molecular flexibility index (Phi) is 5.30. The summed E-state index contributed by atoms with van der Waals surface area (Å²) in [5.74, 6) is 0.580. The number of nitrogens with one attached hydrogen (secondary N) is 1. The number of benzene rings is 1. The molecular formula is C19H22N2O2S. The maximum atomic E-state index is 12.8. The number of amides is 2. The number of nitrogens with zero attached hydrogens (tertiary/aromatic N) is 1. The van der Waals surface area contributed by atoms with Crippen molar-refractivity contribution in [2.75, 3.05) is 18.4 Å². The van der Waals surface area contributed by atoms with Crippen molar-refractivity contribution in [1.29, 1.82) is 0 Å². The zero-order chi connectivity index (χ0) is 16.9. The van der Waals surface area contributed by atoms with Gasteiger partial charge in [-0.15, -0.1) is 11.3 Å². The zero-order valence-electron chi connectivity index (χ0n) is 13.8. The van der Waals surface area contributed by atoms with Crippen LogP contribution in [0.15, 0.2) is 41.8 Å². The summed E-state index contributed by atoms with van der Waals surface area (Å²) in [5, 5.41) is 4.73. The van der Waals surface area contributed by atoms with E-state index in [1.165, 1.54) is 24.2 Å². The predicted molar refractivity (Wildman–Crippen MR) is 97.6 cm³/mol. The van der Waals surface area contributed by atoms with E-state index in [0.29, 0.717) is 22.0 Å². The summed E-state index contributed by atoms with van der Waals surface area (Å²) in [4.78, 5) is 27.5. The Balaban J connectivity index is 1.71. The lowest BCUT2D eigenvalue weighted by molar-refractivity contribution is 0.0747. The Morgan fingerprint density at radius 2 is 2.08 bits per heavy atom. The fourth-order valence-corrected chi connectivity index (χ4v) is 3.29. The van der Waals surface area contributed by atoms with Crippen molar-refractivity contribution >= 4 is 28.8 Å². The average Bonchev–Trinajstić information content (AvgIpc) is 3.23. The van der Waals surface area contributed by atoms with Crippen molar-refractivity contribution in [3.63, 3.8) is 0 Å². The standard InChI is InChI=1S/C19H22N2O2S/c1-2-10-21(13-14-8-9-14)19(23)15-5-3-6-16(12-15)20-18(22)17-7-4-11-24-17/h3-7,11-12,14H,2,8-10,13H2,1H3,(H,20,22). The highest BCUT2D eigenvalue weighted by Crippen LogP contribution is 2.30. The van der Waals surface area contributed by atoms with Gasteiger partial charge in [0.05, 0.1) is 4.88 Å². The molecule has 1 aromatic heterocycles. The lowest BCUT2D eigenvalue weighted by atomic mass is 10.1. The Morgan fingerprint density at radius 1 is 1.25 bits per heavy atom. The van der Waals surface area contributed by atoms with Gasteiger partial charge in [-0.3, -0.25) is 9.59 Å². The molecule has 2 aromatic rings. The second-order valence-corrected chi connectivity index (χ2v) is 7.15. The highest BCUT2D eigenvalue weighted by Gasteiger charge is 2.27. The van der Waals surface area contributed by atoms with Gasteiger partial charge in [-0.05, 0) is 54.8 Å². The van der Waals surface area contributed by atoms with Crippen molar-refractivity contribution in [1.82, 2.24) is 4.90 Å². The van der Waals surface area contributed by atoms with E-state index < -0.39 is 0 Å². The van der Waals surface area contributed by atoms with Crippen LogP contribution < -0.4 is 5.32 Å². The largest absolute Gasteiger partial charge is 0.338 e. The van der Waals surface area contributed by atoms with E-state index in [1.54, 1.807) is 12.1 Å². The minimum absolute atomic E-state index is 0.0518. The molecular weight excluding hydrogens is 320 g/mol. The Bertz CT molecular complexity index is 708. The first kappa shape index (κ1) is 16.7. The van der Waals surface area contributed by atoms with Gasteiger partial charge in [0.25, 0.3) is 11.8 Å². The molecule has 0 radical (unpaired) electrons. The van der Waals surface area contributed by atoms with Crippen LogP contribution >= 0.6 is 11.3 Å². The van der Waals surface area contributed by atoms with Gasteiger partial charge in [0, 0.05) is 24.3 Å². The van der Waals surface area contributed by atoms with Crippen molar-refractivity contribution in [2.24, 2.45) is 5.92 Å². The summed E-state index contributed by atoms with van der Waals surface area (Å²) in [5.41, 5.74) is 1.29. The van der Waals surface area contributed by atoms with Crippen LogP contribution in [0.1, 0.15) is 46.2 Å². The summed E-state index contributed by atoms with van der Waals surface area (Å²) in [7, 11) is 0. The van der Waals surface area contributed by atoms with Crippen LogP contribution in [0.4, 0.5) is 5.69 Å². The molecule has 1 aliphatic rings. The molecule has 4 nitrogen and oxygen atoms in total. The molecule has 1 aliphatic carbocycles. The molecule has 1 heterocycles. The molecule has 0 atom stereocenters. The topological polar surface area (TPSA) is 49.4 Å². The summed E-state index contributed by atoms with van der Waals surface area (Å²) in [6, 6.07) is 10.8. The normalized spacial score (nSPS) is 13.5. The molecule has 1 aromatic carbocycles. The van der Waals surface area contributed by atoms with Crippen molar-refractivity contribution in [2.45, 2.75) is 26.2 Å². The van der Waals surface area contributed by atoms with E-state index >= 15 is 0 Å². The molecule has 2 amide bonds. The van der Waals surface area contributed by atoms with E-state index in [2.05, 4.69) is 12.2 Å². The second kappa shape index (κ2) is 7.62. The van der Waals surface area contributed by atoms with Gasteiger partial charge in [-0.1, -0.05) is 19.1 Å². The van der Waals surface area contributed by atoms with Crippen LogP contribution in [-0.4, -0.2) is 29.8 Å². The third kappa shape index (κ3) is 4.23. The molecule has 1 fully saturated rings. The highest BCUT2D eigenvalue weighted by atomic mass is 32.1. The molecule has 1 saturated carbocycles. The van der Waals surface area contributed by atoms with E-state index in [4.69, 9.17) is 0 Å². The van der Waals surface area contributed by atoms with Gasteiger partial charge in [0.2, 0.25) is 0 Å². The summed E-state index contributed by atoms with van der Waals surface area (Å²) < 4.78 is 0. The zero-order valence-corrected chi connectivity index (χ0v) is 14.6. The second-order valence-electron chi connectivity index (χ2n) is 6.21. The third-order valence-corrected chi connectivity index (χ3v) is 4.94. The fraction of sp³-hybridized carbons (Fsp3) is 0.368. The van der Waals surface area contributed by atoms with Gasteiger partial charge >= 0.3 is 0 Å². The predicted octanol–water partition coefficient (Wildman–Crippen LogP) is 4.26. The number of anilines is 1. The first-order chi connectivity index (χ1) is 11.7. The lowest BCUT2D eigenvalue weighted by Crippen LogP contribution is -2.33. The van der Waals surface area contributed by atoms with E-state index in [9.17, 15) is 9.59 Å². The molecule has 0 aliphatic heterocycles. The van der Waals surface area contributed by atoms with Crippen LogP contribution in [0, 0.1) is 5.92 Å². The van der Waals surface area contributed by atoms with Crippen LogP contribution in [0.25, 0.3) is 0 Å². The van der Waals surface area contributed by atoms with Crippen molar-refractivity contribution in [3.05, 3.63) is 52.2 Å². The molecule has 24 heavy (non-hydrogen) atoms. The van der Waals surface area contributed by atoms with Gasteiger partial charge in [-0.2, -0.15) is 0 Å². The van der Waals surface area contributed by atoms with Crippen molar-refractivity contribution < 1.29 is 9.59 Å².